The average molecular weight is 308 g/mol. The molecule has 0 bridgehead atoms. The summed E-state index contributed by atoms with van der Waals surface area (Å²) in [5.41, 5.74) is 6.98. The van der Waals surface area contributed by atoms with Gasteiger partial charge >= 0.3 is 0 Å². The topological polar surface area (TPSA) is 67.9 Å². The number of nitrogen functional groups attached to an aromatic ring is 1. The quantitative estimate of drug-likeness (QED) is 0.934. The molecule has 2 aromatic rings. The van der Waals surface area contributed by atoms with Crippen LogP contribution in [0.4, 0.5) is 11.6 Å². The van der Waals surface area contributed by atoms with Gasteiger partial charge in [0, 0.05) is 26.0 Å². The molecule has 5 nitrogen and oxygen atoms in total. The summed E-state index contributed by atoms with van der Waals surface area (Å²) in [6.07, 6.45) is 6.00. The Bertz CT molecular complexity index is 517. The maximum absolute atomic E-state index is 5.73. The van der Waals surface area contributed by atoms with E-state index in [0.29, 0.717) is 5.82 Å². The first-order valence-electron chi connectivity index (χ1n) is 5.54. The second kappa shape index (κ2) is 5.77. The number of rotatable bonds is 4. The van der Waals surface area contributed by atoms with E-state index in [1.54, 1.807) is 12.4 Å². The van der Waals surface area contributed by atoms with Crippen molar-refractivity contribution in [2.75, 3.05) is 24.2 Å². The van der Waals surface area contributed by atoms with Crippen LogP contribution in [0.1, 0.15) is 5.56 Å². The minimum Gasteiger partial charge on any atom is -0.383 e. The maximum atomic E-state index is 5.73. The summed E-state index contributed by atoms with van der Waals surface area (Å²) < 4.78 is 0.738. The van der Waals surface area contributed by atoms with Crippen LogP contribution in [-0.4, -0.2) is 28.5 Å². The van der Waals surface area contributed by atoms with Gasteiger partial charge in [-0.3, -0.25) is 4.98 Å². The van der Waals surface area contributed by atoms with Crippen LogP contribution in [0.25, 0.3) is 0 Å². The first-order chi connectivity index (χ1) is 8.68. The zero-order valence-electron chi connectivity index (χ0n) is 10.0. The second-order valence-electron chi connectivity index (χ2n) is 3.92. The van der Waals surface area contributed by atoms with Gasteiger partial charge in [0.2, 0.25) is 0 Å². The molecule has 0 aromatic carbocycles. The lowest BCUT2D eigenvalue weighted by Gasteiger charge is -2.19. The van der Waals surface area contributed by atoms with Gasteiger partial charge in [0.1, 0.15) is 22.4 Å². The molecule has 0 atom stereocenters. The van der Waals surface area contributed by atoms with Crippen LogP contribution in [-0.2, 0) is 6.42 Å². The molecule has 0 aliphatic heterocycles. The van der Waals surface area contributed by atoms with Crippen LogP contribution < -0.4 is 10.6 Å². The van der Waals surface area contributed by atoms with Gasteiger partial charge in [0.25, 0.3) is 0 Å². The van der Waals surface area contributed by atoms with Crippen molar-refractivity contribution >= 4 is 27.6 Å². The molecular formula is C12H14BrN5. The van der Waals surface area contributed by atoms with E-state index in [1.165, 1.54) is 11.9 Å². The first-order valence-corrected chi connectivity index (χ1v) is 6.34. The second-order valence-corrected chi connectivity index (χ2v) is 4.72. The lowest BCUT2D eigenvalue weighted by molar-refractivity contribution is 0.852. The lowest BCUT2D eigenvalue weighted by atomic mass is 10.2. The molecule has 0 radical (unpaired) electrons. The number of hydrogen-bond acceptors (Lipinski definition) is 5. The van der Waals surface area contributed by atoms with Crippen molar-refractivity contribution in [2.24, 2.45) is 0 Å². The highest BCUT2D eigenvalue weighted by molar-refractivity contribution is 9.10. The number of halogens is 1. The summed E-state index contributed by atoms with van der Waals surface area (Å²) in [4.78, 5) is 14.2. The summed E-state index contributed by atoms with van der Waals surface area (Å²) in [5, 5.41) is 0. The third-order valence-corrected chi connectivity index (χ3v) is 3.41. The predicted octanol–water partition coefficient (Wildman–Crippen LogP) is 1.90. The van der Waals surface area contributed by atoms with Crippen LogP contribution in [0.3, 0.4) is 0 Å². The fraction of sp³-hybridized carbons (Fsp3) is 0.250. The fourth-order valence-electron chi connectivity index (χ4n) is 1.59. The smallest absolute Gasteiger partial charge is 0.148 e. The Kier molecular flexibility index (Phi) is 4.09. The van der Waals surface area contributed by atoms with Gasteiger partial charge in [0.05, 0.1) is 0 Å². The van der Waals surface area contributed by atoms with Crippen molar-refractivity contribution in [3.63, 3.8) is 0 Å². The number of nitrogens with two attached hydrogens (primary N) is 1. The zero-order chi connectivity index (χ0) is 13.0. The number of anilines is 2. The Balaban J connectivity index is 2.04. The van der Waals surface area contributed by atoms with Crippen LogP contribution in [0.2, 0.25) is 0 Å². The van der Waals surface area contributed by atoms with Gasteiger partial charge in [-0.1, -0.05) is 0 Å². The van der Waals surface area contributed by atoms with Crippen molar-refractivity contribution < 1.29 is 0 Å². The highest BCUT2D eigenvalue weighted by Crippen LogP contribution is 2.26. The molecule has 18 heavy (non-hydrogen) atoms. The van der Waals surface area contributed by atoms with Crippen LogP contribution >= 0.6 is 15.9 Å². The van der Waals surface area contributed by atoms with Crippen molar-refractivity contribution in [3.05, 3.63) is 40.9 Å². The van der Waals surface area contributed by atoms with E-state index < -0.39 is 0 Å². The number of aromatic nitrogens is 3. The molecule has 94 valence electrons. The molecule has 0 amide bonds. The monoisotopic (exact) mass is 307 g/mol. The van der Waals surface area contributed by atoms with Crippen molar-refractivity contribution in [3.8, 4) is 0 Å². The molecule has 2 N–H and O–H groups in total. The zero-order valence-corrected chi connectivity index (χ0v) is 11.6. The SMILES string of the molecule is CN(CCc1ccncc1)c1ncnc(N)c1Br. The van der Waals surface area contributed by atoms with Gasteiger partial charge in [-0.15, -0.1) is 0 Å². The summed E-state index contributed by atoms with van der Waals surface area (Å²) in [5.74, 6) is 1.26. The third-order valence-electron chi connectivity index (χ3n) is 2.64. The summed E-state index contributed by atoms with van der Waals surface area (Å²) >= 11 is 3.41. The average Bonchev–Trinajstić information content (AvgIpc) is 2.40. The van der Waals surface area contributed by atoms with E-state index in [-0.39, 0.29) is 0 Å². The van der Waals surface area contributed by atoms with Crippen LogP contribution in [0.5, 0.6) is 0 Å². The van der Waals surface area contributed by atoms with E-state index in [2.05, 4.69) is 30.9 Å². The molecule has 0 saturated heterocycles. The standard InChI is InChI=1S/C12H14BrN5/c1-18(7-4-9-2-5-15-6-3-9)12-10(13)11(14)16-8-17-12/h2-3,5-6,8H,4,7H2,1H3,(H2,14,16,17). The van der Waals surface area contributed by atoms with Gasteiger partial charge in [0.15, 0.2) is 0 Å². The first kappa shape index (κ1) is 12.8. The van der Waals surface area contributed by atoms with Crippen molar-refractivity contribution in [1.29, 1.82) is 0 Å². The van der Waals surface area contributed by atoms with Crippen LogP contribution in [0.15, 0.2) is 35.3 Å². The largest absolute Gasteiger partial charge is 0.383 e. The summed E-state index contributed by atoms with van der Waals surface area (Å²) in [6.45, 7) is 0.846. The van der Waals surface area contributed by atoms with E-state index >= 15 is 0 Å². The molecule has 0 unspecified atom stereocenters. The van der Waals surface area contributed by atoms with E-state index in [1.807, 2.05) is 24.1 Å². The van der Waals surface area contributed by atoms with Gasteiger partial charge in [-0.2, -0.15) is 0 Å². The van der Waals surface area contributed by atoms with Crippen LogP contribution in [0, 0.1) is 0 Å². The Morgan fingerprint density at radius 1 is 1.28 bits per heavy atom. The Hall–Kier alpha value is -1.69. The summed E-state index contributed by atoms with van der Waals surface area (Å²) in [7, 11) is 1.98. The highest BCUT2D eigenvalue weighted by atomic mass is 79.9. The minimum absolute atomic E-state index is 0.454. The molecule has 2 heterocycles. The number of hydrogen-bond donors (Lipinski definition) is 1. The summed E-state index contributed by atoms with van der Waals surface area (Å²) in [6, 6.07) is 4.02. The Labute approximate surface area is 114 Å². The minimum atomic E-state index is 0.454. The molecule has 0 aliphatic rings. The third kappa shape index (κ3) is 2.95. The molecule has 0 spiro atoms. The van der Waals surface area contributed by atoms with E-state index in [4.69, 9.17) is 5.73 Å². The van der Waals surface area contributed by atoms with E-state index in [9.17, 15) is 0 Å². The molecule has 6 heteroatoms. The lowest BCUT2D eigenvalue weighted by Crippen LogP contribution is -2.22. The van der Waals surface area contributed by atoms with Gasteiger partial charge < -0.3 is 10.6 Å². The maximum Gasteiger partial charge on any atom is 0.148 e. The molecule has 0 fully saturated rings. The number of likely N-dealkylation sites (N-methyl/N-ethyl adjacent to an activating group) is 1. The highest BCUT2D eigenvalue weighted by Gasteiger charge is 2.10. The normalized spacial score (nSPS) is 10.3. The Morgan fingerprint density at radius 2 is 2.00 bits per heavy atom. The molecule has 0 saturated carbocycles. The van der Waals surface area contributed by atoms with Crippen molar-refractivity contribution in [2.45, 2.75) is 6.42 Å². The van der Waals surface area contributed by atoms with Gasteiger partial charge in [-0.25, -0.2) is 9.97 Å². The molecule has 2 rings (SSSR count). The molecule has 2 aromatic heterocycles. The van der Waals surface area contributed by atoms with Crippen molar-refractivity contribution in [1.82, 2.24) is 15.0 Å². The Morgan fingerprint density at radius 3 is 2.72 bits per heavy atom. The fourth-order valence-corrected chi connectivity index (χ4v) is 2.10. The van der Waals surface area contributed by atoms with Gasteiger partial charge in [-0.05, 0) is 40.0 Å². The van der Waals surface area contributed by atoms with E-state index in [0.717, 1.165) is 23.3 Å². The number of nitrogens with zero attached hydrogens (tertiary/aromatic N) is 4. The molecule has 0 aliphatic carbocycles. The number of pyridine rings is 1. The molecular weight excluding hydrogens is 294 g/mol. The predicted molar refractivity (Wildman–Crippen MR) is 75.4 cm³/mol.